The first-order valence-electron chi connectivity index (χ1n) is 13.5. The molecule has 0 heterocycles. The van der Waals surface area contributed by atoms with Gasteiger partial charge in [0.25, 0.3) is 0 Å². The molecule has 4 N–H and O–H groups in total. The van der Waals surface area contributed by atoms with Crippen molar-refractivity contribution in [3.8, 4) is 0 Å². The molecule has 4 amide bonds. The van der Waals surface area contributed by atoms with Crippen molar-refractivity contribution in [3.63, 3.8) is 0 Å². The van der Waals surface area contributed by atoms with Gasteiger partial charge in [-0.25, -0.2) is 19.2 Å². The smallest absolute Gasteiger partial charge is 0.354 e. The van der Waals surface area contributed by atoms with Crippen LogP contribution < -0.4 is 21.3 Å². The van der Waals surface area contributed by atoms with E-state index in [4.69, 9.17) is 0 Å². The van der Waals surface area contributed by atoms with E-state index in [1.165, 1.54) is 68.3 Å². The van der Waals surface area contributed by atoms with Gasteiger partial charge in [-0.15, -0.1) is 6.58 Å². The van der Waals surface area contributed by atoms with Crippen LogP contribution in [0.4, 0.5) is 0 Å². The molecule has 3 atom stereocenters. The minimum Gasteiger partial charge on any atom is -0.467 e. The van der Waals surface area contributed by atoms with Gasteiger partial charge in [0.1, 0.15) is 23.8 Å². The molecule has 52 heavy (non-hydrogen) atoms. The van der Waals surface area contributed by atoms with Crippen LogP contribution in [0.25, 0.3) is 0 Å². The zero-order valence-corrected chi connectivity index (χ0v) is 27.6. The van der Waals surface area contributed by atoms with E-state index >= 15 is 0 Å². The molecule has 16 heteroatoms. The summed E-state index contributed by atoms with van der Waals surface area (Å²) in [5.41, 5.74) is 0.0833. The molecule has 0 aliphatic carbocycles. The Balaban J connectivity index is -0.0000000768. The Bertz CT molecular complexity index is 1090. The van der Waals surface area contributed by atoms with Crippen molar-refractivity contribution in [1.29, 1.82) is 0 Å². The topological polar surface area (TPSA) is 222 Å². The number of nitrogens with one attached hydrogen (secondary N) is 4. The standard InChI is InChI=1S/C14H22N2O6.C8H13NO3.C8H11NO3.6CH4/c1-9(17)15-11(13(19)21-3)7-5-6-8-12(14(20)22-4)16-10(2)18;2*1-4-5-7(8(11)12-3)9-6(2)10;;;;;;/h5-6,11-12H,7-8H2,1-4H3,(H,15,17)(H,16,18);4,7H,1,5H2,2-3H3,(H,9,10);4-5H,1H2,2-3H3,(H,9,10);6*1H4/b;;7-5-;;;;;;/t11-,12-;7-;;;;;;;/m00......./s1. The van der Waals surface area contributed by atoms with Gasteiger partial charge < -0.3 is 40.2 Å². The van der Waals surface area contributed by atoms with Gasteiger partial charge in [-0.2, -0.15) is 0 Å². The summed E-state index contributed by atoms with van der Waals surface area (Å²) in [5.74, 6) is -3.46. The molecule has 0 aromatic heterocycles. The van der Waals surface area contributed by atoms with Gasteiger partial charge in [0.2, 0.25) is 23.6 Å². The van der Waals surface area contributed by atoms with Gasteiger partial charge in [0.15, 0.2) is 0 Å². The van der Waals surface area contributed by atoms with Crippen LogP contribution in [-0.2, 0) is 57.3 Å². The highest BCUT2D eigenvalue weighted by Crippen LogP contribution is 2.02. The molecule has 0 rings (SSSR count). The average Bonchev–Trinajstić information content (AvgIpc) is 2.99. The van der Waals surface area contributed by atoms with Crippen LogP contribution in [0.5, 0.6) is 0 Å². The third kappa shape index (κ3) is 37.5. The molecule has 0 aliphatic heterocycles. The van der Waals surface area contributed by atoms with Crippen molar-refractivity contribution >= 4 is 47.5 Å². The van der Waals surface area contributed by atoms with Crippen LogP contribution in [0.1, 0.15) is 91.5 Å². The molecule has 0 saturated heterocycles. The van der Waals surface area contributed by atoms with Crippen molar-refractivity contribution in [2.24, 2.45) is 0 Å². The summed E-state index contributed by atoms with van der Waals surface area (Å²) in [6.45, 7) is 12.1. The van der Waals surface area contributed by atoms with E-state index in [0.29, 0.717) is 6.42 Å². The van der Waals surface area contributed by atoms with Gasteiger partial charge in [0.05, 0.1) is 28.4 Å². The zero-order valence-electron chi connectivity index (χ0n) is 27.6. The zero-order chi connectivity index (χ0) is 36.2. The lowest BCUT2D eigenvalue weighted by Gasteiger charge is -2.14. The van der Waals surface area contributed by atoms with Gasteiger partial charge in [-0.3, -0.25) is 19.2 Å². The number of methoxy groups -OCH3 is 4. The number of rotatable bonds is 15. The number of esters is 4. The van der Waals surface area contributed by atoms with E-state index in [1.54, 1.807) is 18.2 Å². The second kappa shape index (κ2) is 41.9. The Hall–Kier alpha value is -5.28. The first-order chi connectivity index (χ1) is 21.5. The molecule has 0 saturated carbocycles. The first-order valence-corrected chi connectivity index (χ1v) is 13.5. The van der Waals surface area contributed by atoms with Gasteiger partial charge in [-0.1, -0.05) is 75.4 Å². The molecule has 16 nitrogen and oxygen atoms in total. The molecule has 0 aromatic rings. The van der Waals surface area contributed by atoms with Crippen LogP contribution in [0.3, 0.4) is 0 Å². The summed E-state index contributed by atoms with van der Waals surface area (Å²) >= 11 is 0. The maximum absolute atomic E-state index is 11.5. The minimum absolute atomic E-state index is 0. The predicted molar refractivity (Wildman–Crippen MR) is 207 cm³/mol. The van der Waals surface area contributed by atoms with E-state index in [2.05, 4.69) is 53.4 Å². The Morgan fingerprint density at radius 1 is 0.519 bits per heavy atom. The molecule has 0 fully saturated rings. The van der Waals surface area contributed by atoms with Crippen LogP contribution in [0.2, 0.25) is 0 Å². The summed E-state index contributed by atoms with van der Waals surface area (Å²) in [5, 5.41) is 9.67. The molecule has 0 aliphatic rings. The Morgan fingerprint density at radius 3 is 1.04 bits per heavy atom. The van der Waals surface area contributed by atoms with Crippen molar-refractivity contribution < 1.29 is 57.3 Å². The quantitative estimate of drug-likeness (QED) is 0.0611. The number of amides is 4. The second-order valence-electron chi connectivity index (χ2n) is 8.78. The fourth-order valence-electron chi connectivity index (χ4n) is 3.01. The molecular weight excluding hydrogens is 680 g/mol. The van der Waals surface area contributed by atoms with Crippen LogP contribution in [0.15, 0.2) is 49.2 Å². The predicted octanol–water partition coefficient (Wildman–Crippen LogP) is 4.10. The number of carbonyl (C=O) groups excluding carboxylic acids is 8. The minimum atomic E-state index is -0.795. The molecule has 0 radical (unpaired) electrons. The highest BCUT2D eigenvalue weighted by Gasteiger charge is 2.20. The maximum Gasteiger partial charge on any atom is 0.354 e. The van der Waals surface area contributed by atoms with E-state index in [9.17, 15) is 38.4 Å². The van der Waals surface area contributed by atoms with Crippen molar-refractivity contribution in [3.05, 3.63) is 49.2 Å². The largest absolute Gasteiger partial charge is 0.467 e. The number of hydrogen-bond donors (Lipinski definition) is 4. The summed E-state index contributed by atoms with van der Waals surface area (Å²) in [7, 11) is 4.97. The normalized spacial score (nSPS) is 10.6. The first kappa shape index (κ1) is 68.6. The van der Waals surface area contributed by atoms with Gasteiger partial charge >= 0.3 is 23.9 Å². The fraction of sp³-hybridized carbons (Fsp3) is 0.556. The Labute approximate surface area is 313 Å². The number of allylic oxidation sites excluding steroid dienone is 2. The molecule has 306 valence electrons. The van der Waals surface area contributed by atoms with Crippen LogP contribution >= 0.6 is 0 Å². The van der Waals surface area contributed by atoms with E-state index < -0.39 is 42.0 Å². The SMILES string of the molecule is C.C.C.C.C.C.C=C/C=C(\NC(C)=O)C(=O)OC.C=CC[C@H](NC(C)=O)C(=O)OC.COC(=O)[C@H](CC=CC[C@H](NC(C)=O)C(=O)OC)NC(C)=O. The number of hydrogen-bond acceptors (Lipinski definition) is 12. The van der Waals surface area contributed by atoms with E-state index in [-0.39, 0.29) is 86.7 Å². The monoisotopic (exact) mass is 750 g/mol. The second-order valence-corrected chi connectivity index (χ2v) is 8.78. The third-order valence-electron chi connectivity index (χ3n) is 4.90. The van der Waals surface area contributed by atoms with E-state index in [1.807, 2.05) is 0 Å². The Kier molecular flexibility index (Phi) is 55.3. The summed E-state index contributed by atoms with van der Waals surface area (Å²) < 4.78 is 18.0. The third-order valence-corrected chi connectivity index (χ3v) is 4.90. The fourth-order valence-corrected chi connectivity index (χ4v) is 3.01. The molecule has 0 unspecified atom stereocenters. The van der Waals surface area contributed by atoms with Crippen LogP contribution in [0, 0.1) is 0 Å². The lowest BCUT2D eigenvalue weighted by atomic mass is 10.1. The summed E-state index contributed by atoms with van der Waals surface area (Å²) in [6, 6.07) is -2.20. The molecule has 0 aromatic carbocycles. The number of ether oxygens (including phenoxy) is 4. The molecule has 0 bridgehead atoms. The molecule has 0 spiro atoms. The average molecular weight is 751 g/mol. The maximum atomic E-state index is 11.5. The summed E-state index contributed by atoms with van der Waals surface area (Å²) in [6.07, 6.45) is 8.35. The Morgan fingerprint density at radius 2 is 0.827 bits per heavy atom. The van der Waals surface area contributed by atoms with Crippen molar-refractivity contribution in [1.82, 2.24) is 21.3 Å². The summed E-state index contributed by atoms with van der Waals surface area (Å²) in [4.78, 5) is 88.0. The van der Waals surface area contributed by atoms with Gasteiger partial charge in [-0.05, 0) is 25.3 Å². The lowest BCUT2D eigenvalue weighted by Crippen LogP contribution is -2.40. The van der Waals surface area contributed by atoms with Gasteiger partial charge in [0, 0.05) is 27.7 Å². The highest BCUT2D eigenvalue weighted by atomic mass is 16.5. The van der Waals surface area contributed by atoms with Crippen LogP contribution in [-0.4, -0.2) is 94.1 Å². The highest BCUT2D eigenvalue weighted by molar-refractivity contribution is 5.93. The van der Waals surface area contributed by atoms with E-state index in [0.717, 1.165) is 0 Å². The number of carbonyl (C=O) groups is 8. The lowest BCUT2D eigenvalue weighted by molar-refractivity contribution is -0.145. The van der Waals surface area contributed by atoms with Crippen molar-refractivity contribution in [2.75, 3.05) is 28.4 Å². The molecular formula is C36H70N4O12. The van der Waals surface area contributed by atoms with Crippen molar-refractivity contribution in [2.45, 2.75) is 110 Å².